The minimum atomic E-state index is -5.10. The zero-order valence-corrected chi connectivity index (χ0v) is 11.0. The molecular formula is C13H18F3NO3. The highest BCUT2D eigenvalue weighted by Gasteiger charge is 2.47. The zero-order chi connectivity index (χ0) is 15.4. The van der Waals surface area contributed by atoms with Gasteiger partial charge in [0.15, 0.2) is 0 Å². The van der Waals surface area contributed by atoms with Crippen LogP contribution in [0.3, 0.4) is 0 Å². The first kappa shape index (κ1) is 16.5. The molecule has 2 N–H and O–H groups in total. The largest absolute Gasteiger partial charge is 0.480 e. The molecule has 0 saturated heterocycles. The quantitative estimate of drug-likeness (QED) is 0.618. The molecular weight excluding hydrogens is 275 g/mol. The molecule has 7 heteroatoms. The first-order valence-electron chi connectivity index (χ1n) is 6.47. The topological polar surface area (TPSA) is 66.4 Å². The van der Waals surface area contributed by atoms with Gasteiger partial charge in [0, 0.05) is 5.41 Å². The van der Waals surface area contributed by atoms with Crippen molar-refractivity contribution in [2.75, 3.05) is 0 Å². The number of carboxylic acid groups (broad SMARTS) is 1. The van der Waals surface area contributed by atoms with Gasteiger partial charge in [0.05, 0.1) is 0 Å². The second kappa shape index (κ2) is 6.28. The fourth-order valence-corrected chi connectivity index (χ4v) is 2.66. The van der Waals surface area contributed by atoms with E-state index in [9.17, 15) is 27.9 Å². The van der Waals surface area contributed by atoms with Crippen molar-refractivity contribution in [3.8, 4) is 0 Å². The highest BCUT2D eigenvalue weighted by Crippen LogP contribution is 2.39. The van der Waals surface area contributed by atoms with Gasteiger partial charge in [-0.1, -0.05) is 31.8 Å². The van der Waals surface area contributed by atoms with Crippen molar-refractivity contribution in [2.24, 2.45) is 5.41 Å². The summed E-state index contributed by atoms with van der Waals surface area (Å²) in [5.74, 6) is -3.69. The molecule has 0 aromatic rings. The van der Waals surface area contributed by atoms with Crippen molar-refractivity contribution in [2.45, 2.75) is 50.7 Å². The summed E-state index contributed by atoms with van der Waals surface area (Å²) >= 11 is 0. The van der Waals surface area contributed by atoms with Gasteiger partial charge in [-0.25, -0.2) is 4.79 Å². The number of alkyl halides is 3. The predicted molar refractivity (Wildman–Crippen MR) is 66.0 cm³/mol. The zero-order valence-electron chi connectivity index (χ0n) is 11.0. The maximum absolute atomic E-state index is 12.3. The van der Waals surface area contributed by atoms with E-state index in [0.29, 0.717) is 25.7 Å². The molecule has 0 aromatic heterocycles. The van der Waals surface area contributed by atoms with Crippen molar-refractivity contribution >= 4 is 11.9 Å². The number of carbonyl (C=O) groups is 2. The van der Waals surface area contributed by atoms with E-state index in [1.54, 1.807) is 5.32 Å². The normalized spacial score (nSPS) is 20.6. The minimum Gasteiger partial charge on any atom is -0.480 e. The molecule has 1 amide bonds. The Morgan fingerprint density at radius 2 is 1.70 bits per heavy atom. The molecule has 20 heavy (non-hydrogen) atoms. The monoisotopic (exact) mass is 293 g/mol. The third-order valence-electron chi connectivity index (χ3n) is 3.80. The maximum Gasteiger partial charge on any atom is 0.471 e. The molecule has 114 valence electrons. The third kappa shape index (κ3) is 3.74. The molecule has 0 radical (unpaired) electrons. The minimum absolute atomic E-state index is 0.408. The molecule has 0 heterocycles. The molecule has 0 aromatic carbocycles. The van der Waals surface area contributed by atoms with E-state index in [1.807, 2.05) is 0 Å². The molecule has 0 bridgehead atoms. The summed E-state index contributed by atoms with van der Waals surface area (Å²) in [6.07, 6.45) is 0.311. The number of carbonyl (C=O) groups excluding carboxylic acids is 1. The number of hydrogen-bond donors (Lipinski definition) is 2. The molecule has 1 rings (SSSR count). The van der Waals surface area contributed by atoms with E-state index < -0.39 is 29.5 Å². The average Bonchev–Trinajstić information content (AvgIpc) is 2.60. The van der Waals surface area contributed by atoms with E-state index in [4.69, 9.17) is 0 Å². The highest BCUT2D eigenvalue weighted by molar-refractivity contribution is 5.87. The van der Waals surface area contributed by atoms with Gasteiger partial charge in [0.1, 0.15) is 6.04 Å². The second-order valence-corrected chi connectivity index (χ2v) is 5.09. The van der Waals surface area contributed by atoms with Gasteiger partial charge >= 0.3 is 18.1 Å². The van der Waals surface area contributed by atoms with Crippen LogP contribution in [0.15, 0.2) is 12.7 Å². The predicted octanol–water partition coefficient (Wildman–Crippen LogP) is 2.64. The van der Waals surface area contributed by atoms with E-state index in [2.05, 4.69) is 6.58 Å². The Morgan fingerprint density at radius 3 is 2.05 bits per heavy atom. The average molecular weight is 293 g/mol. The Morgan fingerprint density at radius 1 is 1.20 bits per heavy atom. The molecule has 1 fully saturated rings. The maximum atomic E-state index is 12.3. The van der Waals surface area contributed by atoms with Gasteiger partial charge in [0.25, 0.3) is 0 Å². The smallest absolute Gasteiger partial charge is 0.471 e. The summed E-state index contributed by atoms with van der Waals surface area (Å²) in [6, 6.07) is -1.60. The summed E-state index contributed by atoms with van der Waals surface area (Å²) in [6.45, 7) is 3.58. The van der Waals surface area contributed by atoms with Gasteiger partial charge in [-0.3, -0.25) is 4.79 Å². The lowest BCUT2D eigenvalue weighted by Gasteiger charge is -2.35. The van der Waals surface area contributed by atoms with Crippen molar-refractivity contribution in [1.29, 1.82) is 0 Å². The lowest BCUT2D eigenvalue weighted by atomic mass is 9.74. The molecule has 1 aliphatic rings. The Kier molecular flexibility index (Phi) is 5.19. The number of amides is 1. The van der Waals surface area contributed by atoms with Crippen molar-refractivity contribution in [3.05, 3.63) is 12.7 Å². The standard InChI is InChI=1S/C13H18F3NO3/c1-2-12(7-5-3-4-6-8-12)9(10(18)19)17-11(20)13(14,15)16/h2,9H,1,3-8H2,(H,17,20)(H,18,19)/t9-/m1/s1. The van der Waals surface area contributed by atoms with E-state index in [1.165, 1.54) is 6.08 Å². The fraction of sp³-hybridized carbons (Fsp3) is 0.692. The SMILES string of the molecule is C=CC1([C@H](NC(=O)C(F)(F)F)C(=O)O)CCCCCC1. The number of rotatable bonds is 4. The Bertz CT molecular complexity index is 385. The van der Waals surface area contributed by atoms with Gasteiger partial charge in [-0.05, 0) is 12.8 Å². The van der Waals surface area contributed by atoms with Crippen molar-refractivity contribution in [3.63, 3.8) is 0 Å². The lowest BCUT2D eigenvalue weighted by Crippen LogP contribution is -2.54. The van der Waals surface area contributed by atoms with Crippen LogP contribution in [0.1, 0.15) is 38.5 Å². The molecule has 1 saturated carbocycles. The summed E-state index contributed by atoms with van der Waals surface area (Å²) in [5.41, 5.74) is -1.02. The molecule has 0 spiro atoms. The van der Waals surface area contributed by atoms with Gasteiger partial charge < -0.3 is 10.4 Å². The molecule has 0 aliphatic heterocycles. The second-order valence-electron chi connectivity index (χ2n) is 5.09. The Balaban J connectivity index is 3.00. The molecule has 1 aliphatic carbocycles. The summed E-state index contributed by atoms with van der Waals surface area (Å²) in [4.78, 5) is 22.3. The number of halogens is 3. The van der Waals surface area contributed by atoms with Crippen LogP contribution in [0.4, 0.5) is 13.2 Å². The number of hydrogen-bond acceptors (Lipinski definition) is 2. The third-order valence-corrected chi connectivity index (χ3v) is 3.80. The van der Waals surface area contributed by atoms with Gasteiger partial charge in [-0.2, -0.15) is 13.2 Å². The van der Waals surface area contributed by atoms with Crippen LogP contribution in [0.2, 0.25) is 0 Å². The number of carboxylic acids is 1. The fourth-order valence-electron chi connectivity index (χ4n) is 2.66. The van der Waals surface area contributed by atoms with Crippen LogP contribution < -0.4 is 5.32 Å². The first-order chi connectivity index (χ1) is 9.23. The Labute approximate surface area is 115 Å². The molecule has 0 unspecified atom stereocenters. The van der Waals surface area contributed by atoms with Crippen molar-refractivity contribution in [1.82, 2.24) is 5.32 Å². The van der Waals surface area contributed by atoms with E-state index >= 15 is 0 Å². The van der Waals surface area contributed by atoms with Crippen LogP contribution in [-0.4, -0.2) is 29.2 Å². The lowest BCUT2D eigenvalue weighted by molar-refractivity contribution is -0.176. The summed E-state index contributed by atoms with van der Waals surface area (Å²) < 4.78 is 37.0. The molecule has 1 atom stereocenters. The first-order valence-corrected chi connectivity index (χ1v) is 6.47. The van der Waals surface area contributed by atoms with Crippen LogP contribution in [0.25, 0.3) is 0 Å². The molecule has 4 nitrogen and oxygen atoms in total. The van der Waals surface area contributed by atoms with Crippen molar-refractivity contribution < 1.29 is 27.9 Å². The van der Waals surface area contributed by atoms with Crippen LogP contribution >= 0.6 is 0 Å². The van der Waals surface area contributed by atoms with Crippen LogP contribution in [-0.2, 0) is 9.59 Å². The van der Waals surface area contributed by atoms with Crippen LogP contribution in [0.5, 0.6) is 0 Å². The highest BCUT2D eigenvalue weighted by atomic mass is 19.4. The van der Waals surface area contributed by atoms with E-state index in [0.717, 1.165) is 12.8 Å². The van der Waals surface area contributed by atoms with Crippen LogP contribution in [0, 0.1) is 5.41 Å². The summed E-state index contributed by atoms with van der Waals surface area (Å²) in [5, 5.41) is 10.8. The number of aliphatic carboxylic acids is 1. The van der Waals surface area contributed by atoms with E-state index in [-0.39, 0.29) is 0 Å². The summed E-state index contributed by atoms with van der Waals surface area (Å²) in [7, 11) is 0. The Hall–Kier alpha value is -1.53. The van der Waals surface area contributed by atoms with Gasteiger partial charge in [0.2, 0.25) is 0 Å². The van der Waals surface area contributed by atoms with Gasteiger partial charge in [-0.15, -0.1) is 6.58 Å². The number of nitrogens with one attached hydrogen (secondary N) is 1.